The van der Waals surface area contributed by atoms with Gasteiger partial charge in [0.15, 0.2) is 0 Å². The average molecular weight is 288 g/mol. The minimum atomic E-state index is -0.724. The minimum Gasteiger partial charge on any atom is -0.508 e. The van der Waals surface area contributed by atoms with Gasteiger partial charge < -0.3 is 15.7 Å². The largest absolute Gasteiger partial charge is 0.508 e. The van der Waals surface area contributed by atoms with Gasteiger partial charge in [0.05, 0.1) is 5.69 Å². The molecule has 6 heteroatoms. The van der Waals surface area contributed by atoms with Crippen molar-refractivity contribution < 1.29 is 19.1 Å². The van der Waals surface area contributed by atoms with Gasteiger partial charge in [-0.25, -0.2) is 4.39 Å². The van der Waals surface area contributed by atoms with Crippen molar-refractivity contribution in [2.75, 3.05) is 10.6 Å². The molecule has 3 N–H and O–H groups in total. The number of phenolic OH excluding ortho intramolecular Hbond substituents is 1. The maximum absolute atomic E-state index is 13.5. The lowest BCUT2D eigenvalue weighted by molar-refractivity contribution is -0.114. The Hall–Kier alpha value is -2.89. The predicted octanol–water partition coefficient (Wildman–Crippen LogP) is 2.74. The third kappa shape index (κ3) is 3.79. The fourth-order valence-corrected chi connectivity index (χ4v) is 1.71. The highest BCUT2D eigenvalue weighted by molar-refractivity contribution is 6.04. The molecule has 0 aliphatic rings. The monoisotopic (exact) mass is 288 g/mol. The number of hydrogen-bond donors (Lipinski definition) is 3. The van der Waals surface area contributed by atoms with E-state index in [0.717, 1.165) is 6.07 Å². The van der Waals surface area contributed by atoms with Gasteiger partial charge in [0.2, 0.25) is 5.91 Å². The molecule has 0 aromatic heterocycles. The molecule has 0 spiro atoms. The van der Waals surface area contributed by atoms with Crippen LogP contribution in [0, 0.1) is 5.82 Å². The smallest absolute Gasteiger partial charge is 0.255 e. The molecule has 0 bridgehead atoms. The summed E-state index contributed by atoms with van der Waals surface area (Å²) in [6.45, 7) is 1.38. The summed E-state index contributed by atoms with van der Waals surface area (Å²) in [5, 5.41) is 14.1. The van der Waals surface area contributed by atoms with Crippen molar-refractivity contribution in [1.29, 1.82) is 0 Å². The summed E-state index contributed by atoms with van der Waals surface area (Å²) in [6, 6.07) is 9.63. The van der Waals surface area contributed by atoms with Crippen LogP contribution in [-0.2, 0) is 4.79 Å². The lowest BCUT2D eigenvalue weighted by Gasteiger charge is -2.07. The lowest BCUT2D eigenvalue weighted by atomic mass is 10.2. The van der Waals surface area contributed by atoms with Gasteiger partial charge >= 0.3 is 0 Å². The molecule has 0 radical (unpaired) electrons. The number of rotatable bonds is 3. The summed E-state index contributed by atoms with van der Waals surface area (Å²) in [5.74, 6) is -1.64. The van der Waals surface area contributed by atoms with E-state index in [0.29, 0.717) is 11.3 Å². The molecule has 0 saturated carbocycles. The van der Waals surface area contributed by atoms with E-state index in [-0.39, 0.29) is 17.3 Å². The van der Waals surface area contributed by atoms with Gasteiger partial charge in [0.1, 0.15) is 11.6 Å². The molecule has 2 aromatic rings. The highest BCUT2D eigenvalue weighted by Gasteiger charge is 2.10. The second-order valence-corrected chi connectivity index (χ2v) is 4.38. The zero-order valence-corrected chi connectivity index (χ0v) is 11.2. The van der Waals surface area contributed by atoms with Crippen molar-refractivity contribution in [2.24, 2.45) is 0 Å². The van der Waals surface area contributed by atoms with Crippen molar-refractivity contribution in [3.8, 4) is 5.75 Å². The van der Waals surface area contributed by atoms with Crippen LogP contribution in [0.5, 0.6) is 5.75 Å². The van der Waals surface area contributed by atoms with Crippen molar-refractivity contribution >= 4 is 23.2 Å². The van der Waals surface area contributed by atoms with E-state index in [2.05, 4.69) is 10.6 Å². The molecule has 0 atom stereocenters. The molecular weight excluding hydrogens is 275 g/mol. The van der Waals surface area contributed by atoms with Gasteiger partial charge in [-0.3, -0.25) is 9.59 Å². The molecule has 0 unspecified atom stereocenters. The predicted molar refractivity (Wildman–Crippen MR) is 76.8 cm³/mol. The molecule has 2 rings (SSSR count). The molecule has 0 saturated heterocycles. The number of nitrogens with one attached hydrogen (secondary N) is 2. The van der Waals surface area contributed by atoms with E-state index in [1.807, 2.05) is 0 Å². The van der Waals surface area contributed by atoms with Crippen LogP contribution < -0.4 is 10.6 Å². The van der Waals surface area contributed by atoms with E-state index in [1.165, 1.54) is 31.2 Å². The Balaban J connectivity index is 2.11. The molecule has 2 amide bonds. The fourth-order valence-electron chi connectivity index (χ4n) is 1.71. The van der Waals surface area contributed by atoms with Gasteiger partial charge in [0, 0.05) is 24.2 Å². The molecule has 0 aliphatic carbocycles. The highest BCUT2D eigenvalue weighted by atomic mass is 19.1. The number of carbonyl (C=O) groups excluding carboxylic acids is 2. The first-order valence-corrected chi connectivity index (χ1v) is 6.13. The van der Waals surface area contributed by atoms with E-state index < -0.39 is 11.7 Å². The number of halogens is 1. The first-order chi connectivity index (χ1) is 9.95. The number of phenols is 1. The van der Waals surface area contributed by atoms with Crippen LogP contribution in [0.1, 0.15) is 17.3 Å². The number of carbonyl (C=O) groups is 2. The maximum Gasteiger partial charge on any atom is 0.255 e. The molecule has 2 aromatic carbocycles. The SMILES string of the molecule is CC(=O)Nc1ccc(C(=O)Nc2ccc(O)cc2F)cc1. The Morgan fingerprint density at radius 1 is 1.05 bits per heavy atom. The molecule has 0 fully saturated rings. The van der Waals surface area contributed by atoms with E-state index in [4.69, 9.17) is 5.11 Å². The first-order valence-electron chi connectivity index (χ1n) is 6.13. The Morgan fingerprint density at radius 2 is 1.71 bits per heavy atom. The summed E-state index contributed by atoms with van der Waals surface area (Å²) < 4.78 is 13.5. The van der Waals surface area contributed by atoms with Crippen LogP contribution in [0.2, 0.25) is 0 Å². The van der Waals surface area contributed by atoms with E-state index >= 15 is 0 Å². The third-order valence-corrected chi connectivity index (χ3v) is 2.67. The van der Waals surface area contributed by atoms with Crippen LogP contribution in [0.25, 0.3) is 0 Å². The topological polar surface area (TPSA) is 78.4 Å². The lowest BCUT2D eigenvalue weighted by Crippen LogP contribution is -2.13. The second-order valence-electron chi connectivity index (χ2n) is 4.38. The summed E-state index contributed by atoms with van der Waals surface area (Å²) in [4.78, 5) is 22.8. The van der Waals surface area contributed by atoms with Crippen LogP contribution in [0.3, 0.4) is 0 Å². The molecular formula is C15H13FN2O3. The summed E-state index contributed by atoms with van der Waals surface area (Å²) in [5.41, 5.74) is 0.857. The van der Waals surface area contributed by atoms with Gasteiger partial charge in [-0.15, -0.1) is 0 Å². The first kappa shape index (κ1) is 14.5. The Kier molecular flexibility index (Phi) is 4.18. The normalized spacial score (nSPS) is 10.0. The van der Waals surface area contributed by atoms with Crippen LogP contribution >= 0.6 is 0 Å². The van der Waals surface area contributed by atoms with Crippen LogP contribution in [-0.4, -0.2) is 16.9 Å². The van der Waals surface area contributed by atoms with Crippen molar-refractivity contribution in [3.63, 3.8) is 0 Å². The molecule has 0 aliphatic heterocycles. The van der Waals surface area contributed by atoms with Crippen molar-refractivity contribution in [2.45, 2.75) is 6.92 Å². The van der Waals surface area contributed by atoms with E-state index in [1.54, 1.807) is 12.1 Å². The van der Waals surface area contributed by atoms with Gasteiger partial charge in [-0.05, 0) is 36.4 Å². The third-order valence-electron chi connectivity index (χ3n) is 2.67. The highest BCUT2D eigenvalue weighted by Crippen LogP contribution is 2.20. The second kappa shape index (κ2) is 6.04. The molecule has 21 heavy (non-hydrogen) atoms. The number of benzene rings is 2. The van der Waals surface area contributed by atoms with Crippen LogP contribution in [0.15, 0.2) is 42.5 Å². The molecule has 108 valence electrons. The summed E-state index contributed by atoms with van der Waals surface area (Å²) >= 11 is 0. The number of amides is 2. The Morgan fingerprint density at radius 3 is 2.29 bits per heavy atom. The summed E-state index contributed by atoms with van der Waals surface area (Å²) in [7, 11) is 0. The molecule has 0 heterocycles. The summed E-state index contributed by atoms with van der Waals surface area (Å²) in [6.07, 6.45) is 0. The Bertz CT molecular complexity index is 684. The Labute approximate surface area is 120 Å². The minimum absolute atomic E-state index is 0.0243. The van der Waals surface area contributed by atoms with Crippen LogP contribution in [0.4, 0.5) is 15.8 Å². The van der Waals surface area contributed by atoms with Crippen molar-refractivity contribution in [1.82, 2.24) is 0 Å². The number of aromatic hydroxyl groups is 1. The zero-order valence-electron chi connectivity index (χ0n) is 11.2. The quantitative estimate of drug-likeness (QED) is 0.760. The van der Waals surface area contributed by atoms with Gasteiger partial charge in [-0.2, -0.15) is 0 Å². The molecule has 5 nitrogen and oxygen atoms in total. The van der Waals surface area contributed by atoms with Gasteiger partial charge in [0.25, 0.3) is 5.91 Å². The average Bonchev–Trinajstić information content (AvgIpc) is 2.42. The zero-order chi connectivity index (χ0) is 15.4. The maximum atomic E-state index is 13.5. The van der Waals surface area contributed by atoms with E-state index in [9.17, 15) is 14.0 Å². The van der Waals surface area contributed by atoms with Gasteiger partial charge in [-0.1, -0.05) is 0 Å². The number of hydrogen-bond acceptors (Lipinski definition) is 3. The van der Waals surface area contributed by atoms with Crippen molar-refractivity contribution in [3.05, 3.63) is 53.8 Å². The standard InChI is InChI=1S/C15H13FN2O3/c1-9(19)17-11-4-2-10(3-5-11)15(21)18-14-7-6-12(20)8-13(14)16/h2-8,20H,1H3,(H,17,19)(H,18,21). The fraction of sp³-hybridized carbons (Fsp3) is 0.0667. The number of anilines is 2.